The van der Waals surface area contributed by atoms with Gasteiger partial charge >= 0.3 is 0 Å². The van der Waals surface area contributed by atoms with E-state index in [0.29, 0.717) is 13.0 Å². The third kappa shape index (κ3) is 2.98. The second-order valence-electron chi connectivity index (χ2n) is 5.51. The predicted octanol–water partition coefficient (Wildman–Crippen LogP) is 2.49. The molecule has 0 saturated heterocycles. The number of benzene rings is 2. The van der Waals surface area contributed by atoms with Crippen LogP contribution in [0.5, 0.6) is 0 Å². The van der Waals surface area contributed by atoms with Crippen LogP contribution in [0.25, 0.3) is 0 Å². The molecule has 0 saturated carbocycles. The van der Waals surface area contributed by atoms with Gasteiger partial charge in [-0.25, -0.2) is 0 Å². The van der Waals surface area contributed by atoms with Gasteiger partial charge in [-0.2, -0.15) is 0 Å². The van der Waals surface area contributed by atoms with Crippen LogP contribution in [0.1, 0.15) is 34.7 Å². The second-order valence-corrected chi connectivity index (χ2v) is 5.51. The molecule has 1 atom stereocenters. The average Bonchev–Trinajstić information content (AvgIpc) is 2.91. The van der Waals surface area contributed by atoms with E-state index in [1.54, 1.807) is 0 Å². The van der Waals surface area contributed by atoms with Gasteiger partial charge in [0, 0.05) is 6.54 Å². The first-order valence-electron chi connectivity index (χ1n) is 7.42. The molecule has 0 spiro atoms. The molecular formula is C18H20N2O. The van der Waals surface area contributed by atoms with Crippen LogP contribution in [-0.4, -0.2) is 5.91 Å². The fraction of sp³-hybridized carbons (Fsp3) is 0.278. The maximum absolute atomic E-state index is 12.3. The van der Waals surface area contributed by atoms with Gasteiger partial charge in [0.1, 0.15) is 0 Å². The Bertz CT molecular complexity index is 651. The summed E-state index contributed by atoms with van der Waals surface area (Å²) in [6.45, 7) is 0.468. The van der Waals surface area contributed by atoms with E-state index in [9.17, 15) is 4.79 Å². The standard InChI is InChI=1S/C18H20N2O/c19-12-15-7-2-1-6-14(15)11-18(21)20-17-10-9-13-5-3-4-8-16(13)17/h1-8,17H,9-12,19H2,(H,20,21). The van der Waals surface area contributed by atoms with Crippen molar-refractivity contribution in [3.05, 3.63) is 70.8 Å². The van der Waals surface area contributed by atoms with E-state index >= 15 is 0 Å². The summed E-state index contributed by atoms with van der Waals surface area (Å²) in [5.41, 5.74) is 10.4. The van der Waals surface area contributed by atoms with Crippen LogP contribution >= 0.6 is 0 Å². The lowest BCUT2D eigenvalue weighted by atomic mass is 10.0. The van der Waals surface area contributed by atoms with Crippen molar-refractivity contribution in [2.75, 3.05) is 0 Å². The van der Waals surface area contributed by atoms with E-state index in [2.05, 4.69) is 23.5 Å². The van der Waals surface area contributed by atoms with Crippen LogP contribution in [0.3, 0.4) is 0 Å². The zero-order chi connectivity index (χ0) is 14.7. The number of nitrogens with one attached hydrogen (secondary N) is 1. The van der Waals surface area contributed by atoms with Gasteiger partial charge in [-0.1, -0.05) is 48.5 Å². The highest BCUT2D eigenvalue weighted by Gasteiger charge is 2.23. The number of hydrogen-bond donors (Lipinski definition) is 2. The number of hydrogen-bond acceptors (Lipinski definition) is 2. The number of fused-ring (bicyclic) bond motifs is 1. The molecule has 108 valence electrons. The van der Waals surface area contributed by atoms with Crippen LogP contribution in [-0.2, 0) is 24.2 Å². The molecule has 1 unspecified atom stereocenters. The van der Waals surface area contributed by atoms with Gasteiger partial charge in [0.05, 0.1) is 12.5 Å². The molecule has 0 heterocycles. The Labute approximate surface area is 125 Å². The van der Waals surface area contributed by atoms with E-state index in [1.165, 1.54) is 11.1 Å². The molecule has 0 radical (unpaired) electrons. The molecular weight excluding hydrogens is 260 g/mol. The average molecular weight is 280 g/mol. The summed E-state index contributed by atoms with van der Waals surface area (Å²) in [5.74, 6) is 0.0672. The van der Waals surface area contributed by atoms with Gasteiger partial charge in [0.2, 0.25) is 5.91 Å². The Morgan fingerprint density at radius 2 is 1.81 bits per heavy atom. The highest BCUT2D eigenvalue weighted by molar-refractivity contribution is 5.79. The van der Waals surface area contributed by atoms with Crippen molar-refractivity contribution in [3.8, 4) is 0 Å². The molecule has 1 aliphatic carbocycles. The number of nitrogens with two attached hydrogens (primary N) is 1. The van der Waals surface area contributed by atoms with Gasteiger partial charge in [0.15, 0.2) is 0 Å². The Kier molecular flexibility index (Phi) is 4.02. The molecule has 3 rings (SSSR count). The zero-order valence-electron chi connectivity index (χ0n) is 12.0. The van der Waals surface area contributed by atoms with E-state index in [-0.39, 0.29) is 11.9 Å². The van der Waals surface area contributed by atoms with Crippen molar-refractivity contribution in [2.45, 2.75) is 31.8 Å². The lowest BCUT2D eigenvalue weighted by Crippen LogP contribution is -2.29. The van der Waals surface area contributed by atoms with Crippen LogP contribution in [0.15, 0.2) is 48.5 Å². The normalized spacial score (nSPS) is 16.5. The molecule has 2 aromatic carbocycles. The topological polar surface area (TPSA) is 55.1 Å². The van der Waals surface area contributed by atoms with E-state index in [1.807, 2.05) is 30.3 Å². The summed E-state index contributed by atoms with van der Waals surface area (Å²) < 4.78 is 0. The minimum Gasteiger partial charge on any atom is -0.349 e. The fourth-order valence-electron chi connectivity index (χ4n) is 3.05. The summed E-state index contributed by atoms with van der Waals surface area (Å²) in [6, 6.07) is 16.4. The summed E-state index contributed by atoms with van der Waals surface area (Å²) in [7, 11) is 0. The smallest absolute Gasteiger partial charge is 0.224 e. The van der Waals surface area contributed by atoms with Gasteiger partial charge in [0.25, 0.3) is 0 Å². The molecule has 0 fully saturated rings. The van der Waals surface area contributed by atoms with Crippen molar-refractivity contribution < 1.29 is 4.79 Å². The number of carbonyl (C=O) groups excluding carboxylic acids is 1. The molecule has 1 amide bonds. The third-order valence-electron chi connectivity index (χ3n) is 4.16. The van der Waals surface area contributed by atoms with Gasteiger partial charge in [-0.05, 0) is 35.1 Å². The van der Waals surface area contributed by atoms with Crippen molar-refractivity contribution in [2.24, 2.45) is 5.73 Å². The molecule has 21 heavy (non-hydrogen) atoms. The minimum atomic E-state index is 0.0672. The predicted molar refractivity (Wildman–Crippen MR) is 83.7 cm³/mol. The Morgan fingerprint density at radius 1 is 1.10 bits per heavy atom. The highest BCUT2D eigenvalue weighted by atomic mass is 16.1. The molecule has 0 bridgehead atoms. The molecule has 2 aromatic rings. The molecule has 0 aliphatic heterocycles. The van der Waals surface area contributed by atoms with E-state index in [4.69, 9.17) is 5.73 Å². The van der Waals surface area contributed by atoms with Crippen LogP contribution in [0.4, 0.5) is 0 Å². The number of rotatable bonds is 4. The maximum Gasteiger partial charge on any atom is 0.224 e. The summed E-state index contributed by atoms with van der Waals surface area (Å²) >= 11 is 0. The third-order valence-corrected chi connectivity index (χ3v) is 4.16. The lowest BCUT2D eigenvalue weighted by molar-refractivity contribution is -0.121. The van der Waals surface area contributed by atoms with Crippen LogP contribution in [0.2, 0.25) is 0 Å². The molecule has 1 aliphatic rings. The van der Waals surface area contributed by atoms with Gasteiger partial charge in [-0.15, -0.1) is 0 Å². The first-order chi connectivity index (χ1) is 10.3. The van der Waals surface area contributed by atoms with E-state index in [0.717, 1.165) is 24.0 Å². The summed E-state index contributed by atoms with van der Waals surface area (Å²) in [4.78, 5) is 12.3. The van der Waals surface area contributed by atoms with E-state index < -0.39 is 0 Å². The number of aryl methyl sites for hydroxylation is 1. The van der Waals surface area contributed by atoms with Gasteiger partial charge < -0.3 is 11.1 Å². The molecule has 3 nitrogen and oxygen atoms in total. The van der Waals surface area contributed by atoms with Crippen molar-refractivity contribution in [1.82, 2.24) is 5.32 Å². The zero-order valence-corrected chi connectivity index (χ0v) is 12.0. The van der Waals surface area contributed by atoms with Crippen molar-refractivity contribution >= 4 is 5.91 Å². The lowest BCUT2D eigenvalue weighted by Gasteiger charge is -2.15. The molecule has 0 aromatic heterocycles. The minimum absolute atomic E-state index is 0.0672. The van der Waals surface area contributed by atoms with Crippen molar-refractivity contribution in [3.63, 3.8) is 0 Å². The van der Waals surface area contributed by atoms with Crippen LogP contribution < -0.4 is 11.1 Å². The quantitative estimate of drug-likeness (QED) is 0.904. The van der Waals surface area contributed by atoms with Gasteiger partial charge in [-0.3, -0.25) is 4.79 Å². The molecule has 3 N–H and O–H groups in total. The number of amides is 1. The summed E-state index contributed by atoms with van der Waals surface area (Å²) in [5, 5.41) is 3.16. The first-order valence-corrected chi connectivity index (χ1v) is 7.42. The van der Waals surface area contributed by atoms with Crippen molar-refractivity contribution in [1.29, 1.82) is 0 Å². The fourth-order valence-corrected chi connectivity index (χ4v) is 3.05. The Balaban J connectivity index is 1.68. The highest BCUT2D eigenvalue weighted by Crippen LogP contribution is 2.30. The van der Waals surface area contributed by atoms with Crippen LogP contribution in [0, 0.1) is 0 Å². The number of carbonyl (C=O) groups is 1. The maximum atomic E-state index is 12.3. The first kappa shape index (κ1) is 13.8. The SMILES string of the molecule is NCc1ccccc1CC(=O)NC1CCc2ccccc21. The monoisotopic (exact) mass is 280 g/mol. The Hall–Kier alpha value is -2.13. The molecule has 3 heteroatoms. The second kappa shape index (κ2) is 6.10. The Morgan fingerprint density at radius 3 is 2.62 bits per heavy atom. The largest absolute Gasteiger partial charge is 0.349 e. The summed E-state index contributed by atoms with van der Waals surface area (Å²) in [6.07, 6.45) is 2.43.